The van der Waals surface area contributed by atoms with E-state index < -0.39 is 10.9 Å². The molecule has 1 heterocycles. The molecular formula is C18H25N3O4. The fourth-order valence-electron chi connectivity index (χ4n) is 2.49. The number of anilines is 1. The number of hydrogen-bond acceptors (Lipinski definition) is 7. The van der Waals surface area contributed by atoms with E-state index >= 15 is 0 Å². The molecule has 0 atom stereocenters. The van der Waals surface area contributed by atoms with Gasteiger partial charge in [0.05, 0.1) is 19.4 Å². The minimum Gasteiger partial charge on any atom is -0.491 e. The van der Waals surface area contributed by atoms with Crippen molar-refractivity contribution in [2.75, 3.05) is 38.7 Å². The van der Waals surface area contributed by atoms with Crippen LogP contribution in [0.3, 0.4) is 0 Å². The van der Waals surface area contributed by atoms with Crippen molar-refractivity contribution >= 4 is 5.69 Å². The first kappa shape index (κ1) is 18.9. The summed E-state index contributed by atoms with van der Waals surface area (Å²) in [5.74, 6) is 0.702. The van der Waals surface area contributed by atoms with Crippen LogP contribution in [0.1, 0.15) is 26.0 Å². The Labute approximate surface area is 147 Å². The average molecular weight is 347 g/mol. The van der Waals surface area contributed by atoms with Gasteiger partial charge in [-0.05, 0) is 25.6 Å². The van der Waals surface area contributed by atoms with E-state index in [-0.39, 0.29) is 11.4 Å². The number of nitrogens with one attached hydrogen (secondary N) is 1. The largest absolute Gasteiger partial charge is 0.491 e. The number of rotatable bonds is 11. The highest BCUT2D eigenvalue weighted by Gasteiger charge is 2.20. The Bertz CT molecular complexity index is 749. The monoisotopic (exact) mass is 347 g/mol. The summed E-state index contributed by atoms with van der Waals surface area (Å²) in [5.41, 5.74) is 0.138. The lowest BCUT2D eigenvalue weighted by Gasteiger charge is -2.17. The first-order valence-electron chi connectivity index (χ1n) is 8.52. The lowest BCUT2D eigenvalue weighted by Crippen LogP contribution is -2.35. The van der Waals surface area contributed by atoms with Gasteiger partial charge in [0.25, 0.3) is 10.9 Å². The van der Waals surface area contributed by atoms with Gasteiger partial charge in [-0.1, -0.05) is 19.9 Å². The number of pyridine rings is 1. The summed E-state index contributed by atoms with van der Waals surface area (Å²) in [7, 11) is 1.38. The van der Waals surface area contributed by atoms with E-state index in [2.05, 4.69) is 29.0 Å². The number of methoxy groups -OCH3 is 1. The normalized spacial score (nSPS) is 11.0. The quantitative estimate of drug-likeness (QED) is 0.486. The Kier molecular flexibility index (Phi) is 6.94. The zero-order valence-electron chi connectivity index (χ0n) is 15.0. The third-order valence-electron chi connectivity index (χ3n) is 4.00. The van der Waals surface area contributed by atoms with Crippen LogP contribution in [0.4, 0.5) is 5.69 Å². The van der Waals surface area contributed by atoms with E-state index in [1.807, 2.05) is 18.2 Å². The second kappa shape index (κ2) is 9.17. The second-order valence-corrected chi connectivity index (χ2v) is 5.62. The molecule has 7 heteroatoms. The minimum absolute atomic E-state index is 0.108. The molecule has 0 unspecified atom stereocenters. The summed E-state index contributed by atoms with van der Waals surface area (Å²) in [6, 6.07) is 5.76. The number of ether oxygens (including phenoxy) is 2. The molecule has 7 nitrogen and oxygen atoms in total. The van der Waals surface area contributed by atoms with Crippen LogP contribution < -0.4 is 25.6 Å². The van der Waals surface area contributed by atoms with Gasteiger partial charge in [-0.2, -0.15) is 0 Å². The van der Waals surface area contributed by atoms with Crippen LogP contribution in [0.25, 0.3) is 0 Å². The van der Waals surface area contributed by atoms with E-state index in [0.717, 1.165) is 25.3 Å². The van der Waals surface area contributed by atoms with Crippen LogP contribution in [-0.2, 0) is 6.54 Å². The zero-order valence-corrected chi connectivity index (χ0v) is 15.0. The van der Waals surface area contributed by atoms with Gasteiger partial charge >= 0.3 is 0 Å². The van der Waals surface area contributed by atoms with Crippen molar-refractivity contribution in [3.8, 4) is 11.6 Å². The molecule has 0 fully saturated rings. The van der Waals surface area contributed by atoms with E-state index in [4.69, 9.17) is 9.47 Å². The van der Waals surface area contributed by atoms with Gasteiger partial charge in [0.15, 0.2) is 5.75 Å². The molecule has 0 radical (unpaired) electrons. The van der Waals surface area contributed by atoms with Gasteiger partial charge < -0.3 is 14.8 Å². The average Bonchev–Trinajstić information content (AvgIpc) is 2.64. The minimum atomic E-state index is -0.574. The van der Waals surface area contributed by atoms with Gasteiger partial charge in [-0.15, -0.1) is 0 Å². The molecule has 2 aromatic rings. The topological polar surface area (TPSA) is 80.8 Å². The van der Waals surface area contributed by atoms with E-state index in [0.29, 0.717) is 25.5 Å². The maximum Gasteiger partial charge on any atom is 0.271 e. The molecule has 1 N–H and O–H groups in total. The maximum absolute atomic E-state index is 11.4. The fourth-order valence-corrected chi connectivity index (χ4v) is 2.49. The molecule has 0 amide bonds. The van der Waals surface area contributed by atoms with Gasteiger partial charge in [-0.25, -0.2) is 4.98 Å². The molecule has 0 aliphatic carbocycles. The molecule has 2 rings (SSSR count). The van der Waals surface area contributed by atoms with Gasteiger partial charge in [0, 0.05) is 19.2 Å². The summed E-state index contributed by atoms with van der Waals surface area (Å²) in [6.07, 6.45) is 0.671. The Balaban J connectivity index is 1.76. The molecule has 1 aromatic carbocycles. The fraction of sp³-hybridized carbons (Fsp3) is 0.500. The molecular weight excluding hydrogens is 322 g/mol. The first-order chi connectivity index (χ1) is 12.1. The van der Waals surface area contributed by atoms with Gasteiger partial charge in [0.1, 0.15) is 5.69 Å². The van der Waals surface area contributed by atoms with Crippen molar-refractivity contribution in [2.45, 2.75) is 26.8 Å². The number of nitrogens with zero attached hydrogens (tertiary/aromatic N) is 2. The maximum atomic E-state index is 11.4. The van der Waals surface area contributed by atoms with Gasteiger partial charge in [-0.3, -0.25) is 14.5 Å². The first-order valence-corrected chi connectivity index (χ1v) is 8.52. The lowest BCUT2D eigenvalue weighted by atomic mass is 10.2. The third-order valence-corrected chi connectivity index (χ3v) is 4.00. The Hall–Kier alpha value is -2.41. The van der Waals surface area contributed by atoms with Crippen LogP contribution in [0.15, 0.2) is 27.8 Å². The van der Waals surface area contributed by atoms with Crippen molar-refractivity contribution in [3.63, 3.8) is 0 Å². The lowest BCUT2D eigenvalue weighted by molar-refractivity contribution is 0.282. The van der Waals surface area contributed by atoms with Crippen LogP contribution >= 0.6 is 0 Å². The van der Waals surface area contributed by atoms with E-state index in [9.17, 15) is 9.59 Å². The summed E-state index contributed by atoms with van der Waals surface area (Å²) in [6.45, 7) is 8.00. The molecule has 0 aliphatic rings. The Morgan fingerprint density at radius 3 is 2.60 bits per heavy atom. The van der Waals surface area contributed by atoms with E-state index in [1.54, 1.807) is 0 Å². The van der Waals surface area contributed by atoms with Crippen LogP contribution in [-0.4, -0.2) is 43.2 Å². The van der Waals surface area contributed by atoms with Crippen LogP contribution in [0, 0.1) is 0 Å². The Morgan fingerprint density at radius 2 is 1.92 bits per heavy atom. The van der Waals surface area contributed by atoms with Crippen molar-refractivity contribution in [1.29, 1.82) is 0 Å². The predicted octanol–water partition coefficient (Wildman–Crippen LogP) is 1.41. The highest BCUT2D eigenvalue weighted by molar-refractivity contribution is 5.61. The zero-order chi connectivity index (χ0) is 18.2. The third kappa shape index (κ3) is 4.79. The molecule has 0 bridgehead atoms. The summed E-state index contributed by atoms with van der Waals surface area (Å²) >= 11 is 0. The molecule has 25 heavy (non-hydrogen) atoms. The summed E-state index contributed by atoms with van der Waals surface area (Å²) in [5, 5.41) is 2.92. The SMILES string of the molecule is CCN(CC)Cc1cccc(OCCCNc2c(OC)c(=O)c2=O)n1. The molecule has 0 aliphatic heterocycles. The highest BCUT2D eigenvalue weighted by atomic mass is 16.5. The molecule has 0 saturated carbocycles. The molecule has 0 spiro atoms. The Morgan fingerprint density at radius 1 is 1.16 bits per heavy atom. The van der Waals surface area contributed by atoms with Crippen molar-refractivity contribution < 1.29 is 9.47 Å². The standard InChI is InChI=1S/C18H25N3O4/c1-4-21(5-2)12-13-8-6-9-14(20-13)25-11-7-10-19-15-16(22)17(23)18(15)24-3/h6,8-9,19H,4-5,7,10-12H2,1-3H3. The molecule has 136 valence electrons. The molecule has 1 aromatic heterocycles. The summed E-state index contributed by atoms with van der Waals surface area (Å²) in [4.78, 5) is 29.4. The van der Waals surface area contributed by atoms with Crippen molar-refractivity contribution in [3.05, 3.63) is 44.3 Å². The second-order valence-electron chi connectivity index (χ2n) is 5.62. The van der Waals surface area contributed by atoms with Crippen molar-refractivity contribution in [2.24, 2.45) is 0 Å². The number of aromatic nitrogens is 1. The van der Waals surface area contributed by atoms with Gasteiger partial charge in [0.2, 0.25) is 5.88 Å². The smallest absolute Gasteiger partial charge is 0.271 e. The van der Waals surface area contributed by atoms with Crippen LogP contribution in [0.2, 0.25) is 0 Å². The summed E-state index contributed by atoms with van der Waals surface area (Å²) < 4.78 is 10.5. The number of hydrogen-bond donors (Lipinski definition) is 1. The van der Waals surface area contributed by atoms with Crippen molar-refractivity contribution in [1.82, 2.24) is 9.88 Å². The van der Waals surface area contributed by atoms with E-state index in [1.165, 1.54) is 7.11 Å². The van der Waals surface area contributed by atoms with Crippen LogP contribution in [0.5, 0.6) is 11.6 Å². The predicted molar refractivity (Wildman–Crippen MR) is 97.4 cm³/mol. The molecule has 0 saturated heterocycles. The highest BCUT2D eigenvalue weighted by Crippen LogP contribution is 2.16.